The summed E-state index contributed by atoms with van der Waals surface area (Å²) in [6.07, 6.45) is 1.63. The van der Waals surface area contributed by atoms with Crippen LogP contribution in [0.15, 0.2) is 35.7 Å². The first-order valence-electron chi connectivity index (χ1n) is 6.41. The molecule has 0 aliphatic rings. The van der Waals surface area contributed by atoms with Gasteiger partial charge in [-0.2, -0.15) is 0 Å². The molecule has 0 radical (unpaired) electrons. The number of carbonyl (C=O) groups is 1. The van der Waals surface area contributed by atoms with Crippen LogP contribution in [0, 0.1) is 6.92 Å². The molecular weight excluding hydrogens is 272 g/mol. The highest BCUT2D eigenvalue weighted by Gasteiger charge is 2.16. The average molecular weight is 290 g/mol. The van der Waals surface area contributed by atoms with Crippen molar-refractivity contribution in [1.29, 1.82) is 0 Å². The maximum absolute atomic E-state index is 12.1. The van der Waals surface area contributed by atoms with Crippen LogP contribution in [-0.4, -0.2) is 25.9 Å². The Kier molecular flexibility index (Phi) is 4.79. The lowest BCUT2D eigenvalue weighted by molar-refractivity contribution is -0.120. The number of nitrogens with one attached hydrogen (secondary N) is 1. The summed E-state index contributed by atoms with van der Waals surface area (Å²) < 4.78 is 1.80. The van der Waals surface area contributed by atoms with Gasteiger partial charge in [-0.05, 0) is 25.0 Å². The van der Waals surface area contributed by atoms with E-state index in [1.807, 2.05) is 45.2 Å². The Morgan fingerprint density at radius 2 is 2.20 bits per heavy atom. The van der Waals surface area contributed by atoms with Crippen LogP contribution in [0.5, 0.6) is 0 Å². The second-order valence-corrected chi connectivity index (χ2v) is 5.94. The molecule has 1 unspecified atom stereocenters. The lowest BCUT2D eigenvalue weighted by atomic mass is 10.1. The van der Waals surface area contributed by atoms with Gasteiger partial charge in [-0.1, -0.05) is 36.0 Å². The van der Waals surface area contributed by atoms with Gasteiger partial charge in [0.05, 0.1) is 5.25 Å². The Hall–Kier alpha value is -1.82. The van der Waals surface area contributed by atoms with Crippen LogP contribution in [0.25, 0.3) is 0 Å². The van der Waals surface area contributed by atoms with E-state index in [1.54, 1.807) is 10.9 Å². The van der Waals surface area contributed by atoms with E-state index in [1.165, 1.54) is 17.3 Å². The van der Waals surface area contributed by atoms with Crippen molar-refractivity contribution in [1.82, 2.24) is 20.1 Å². The first kappa shape index (κ1) is 14.6. The molecular formula is C14H18N4OS. The third kappa shape index (κ3) is 3.60. The maximum Gasteiger partial charge on any atom is 0.233 e. The zero-order valence-corrected chi connectivity index (χ0v) is 12.6. The smallest absolute Gasteiger partial charge is 0.233 e. The summed E-state index contributed by atoms with van der Waals surface area (Å²) in [5, 5.41) is 11.3. The molecule has 0 saturated carbocycles. The molecule has 2 aromatic rings. The van der Waals surface area contributed by atoms with Crippen LogP contribution >= 0.6 is 11.8 Å². The molecule has 106 valence electrons. The van der Waals surface area contributed by atoms with Crippen molar-refractivity contribution >= 4 is 17.7 Å². The third-order valence-electron chi connectivity index (χ3n) is 3.04. The Labute approximate surface area is 122 Å². The molecule has 1 amide bonds. The van der Waals surface area contributed by atoms with Crippen LogP contribution < -0.4 is 5.32 Å². The number of nitrogens with zero attached hydrogens (tertiary/aromatic N) is 3. The predicted molar refractivity (Wildman–Crippen MR) is 79.3 cm³/mol. The Morgan fingerprint density at radius 3 is 2.85 bits per heavy atom. The highest BCUT2D eigenvalue weighted by Crippen LogP contribution is 2.20. The van der Waals surface area contributed by atoms with Crippen LogP contribution in [-0.2, 0) is 18.4 Å². The number of thioether (sulfide) groups is 1. The Morgan fingerprint density at radius 1 is 1.45 bits per heavy atom. The monoisotopic (exact) mass is 290 g/mol. The van der Waals surface area contributed by atoms with Crippen LogP contribution in [0.1, 0.15) is 18.1 Å². The molecule has 20 heavy (non-hydrogen) atoms. The fraction of sp³-hybridized carbons (Fsp3) is 0.357. The minimum absolute atomic E-state index is 0.00116. The Bertz CT molecular complexity index is 596. The lowest BCUT2D eigenvalue weighted by Gasteiger charge is -2.12. The summed E-state index contributed by atoms with van der Waals surface area (Å²) in [4.78, 5) is 12.1. The van der Waals surface area contributed by atoms with Gasteiger partial charge in [0.15, 0.2) is 5.16 Å². The van der Waals surface area contributed by atoms with E-state index < -0.39 is 0 Å². The number of hydrogen-bond donors (Lipinski definition) is 1. The number of carbonyl (C=O) groups excluding carboxylic acids is 1. The average Bonchev–Trinajstić information content (AvgIpc) is 2.83. The van der Waals surface area contributed by atoms with E-state index in [9.17, 15) is 4.79 Å². The summed E-state index contributed by atoms with van der Waals surface area (Å²) in [5.41, 5.74) is 2.32. The molecule has 1 N–H and O–H groups in total. The first-order chi connectivity index (χ1) is 9.58. The molecule has 0 bridgehead atoms. The molecule has 1 heterocycles. The van der Waals surface area contributed by atoms with Crippen LogP contribution in [0.3, 0.4) is 0 Å². The fourth-order valence-corrected chi connectivity index (χ4v) is 2.54. The number of aromatic nitrogens is 3. The summed E-state index contributed by atoms with van der Waals surface area (Å²) in [6.45, 7) is 4.46. The van der Waals surface area contributed by atoms with Gasteiger partial charge in [-0.15, -0.1) is 10.2 Å². The van der Waals surface area contributed by atoms with E-state index >= 15 is 0 Å². The number of amides is 1. The molecule has 0 spiro atoms. The van der Waals surface area contributed by atoms with Gasteiger partial charge in [-0.25, -0.2) is 0 Å². The van der Waals surface area contributed by atoms with Gasteiger partial charge < -0.3 is 9.88 Å². The largest absolute Gasteiger partial charge is 0.351 e. The fourth-order valence-electron chi connectivity index (χ4n) is 1.73. The molecule has 1 atom stereocenters. The van der Waals surface area contributed by atoms with Crippen molar-refractivity contribution < 1.29 is 4.79 Å². The van der Waals surface area contributed by atoms with E-state index in [2.05, 4.69) is 15.5 Å². The summed E-state index contributed by atoms with van der Waals surface area (Å²) in [6, 6.07) is 8.04. The first-order valence-corrected chi connectivity index (χ1v) is 7.28. The molecule has 6 heteroatoms. The minimum Gasteiger partial charge on any atom is -0.351 e. The van der Waals surface area contributed by atoms with Gasteiger partial charge in [0, 0.05) is 13.6 Å². The third-order valence-corrected chi connectivity index (χ3v) is 4.18. The second-order valence-electron chi connectivity index (χ2n) is 4.63. The minimum atomic E-state index is -0.207. The molecule has 0 fully saturated rings. The van der Waals surface area contributed by atoms with E-state index in [-0.39, 0.29) is 11.2 Å². The summed E-state index contributed by atoms with van der Waals surface area (Å²) >= 11 is 1.40. The maximum atomic E-state index is 12.1. The van der Waals surface area contributed by atoms with Crippen molar-refractivity contribution in [2.24, 2.45) is 7.05 Å². The quantitative estimate of drug-likeness (QED) is 0.855. The Balaban J connectivity index is 1.89. The van der Waals surface area contributed by atoms with Gasteiger partial charge in [0.2, 0.25) is 5.91 Å². The number of rotatable bonds is 5. The molecule has 0 aliphatic heterocycles. The van der Waals surface area contributed by atoms with Crippen molar-refractivity contribution in [3.8, 4) is 0 Å². The highest BCUT2D eigenvalue weighted by atomic mass is 32.2. The van der Waals surface area contributed by atoms with Crippen molar-refractivity contribution in [2.75, 3.05) is 0 Å². The van der Waals surface area contributed by atoms with Gasteiger partial charge in [0.1, 0.15) is 6.33 Å². The normalized spacial score (nSPS) is 12.2. The van der Waals surface area contributed by atoms with Crippen molar-refractivity contribution in [3.05, 3.63) is 41.7 Å². The molecule has 2 rings (SSSR count). The van der Waals surface area contributed by atoms with Gasteiger partial charge >= 0.3 is 0 Å². The molecule has 0 saturated heterocycles. The lowest BCUT2D eigenvalue weighted by Crippen LogP contribution is -2.30. The zero-order valence-electron chi connectivity index (χ0n) is 11.8. The SMILES string of the molecule is Cc1ccccc1CNC(=O)C(C)Sc1nncn1C. The number of hydrogen-bond acceptors (Lipinski definition) is 4. The predicted octanol–water partition coefficient (Wildman–Crippen LogP) is 1.92. The zero-order chi connectivity index (χ0) is 14.5. The molecule has 1 aromatic heterocycles. The molecule has 1 aromatic carbocycles. The topological polar surface area (TPSA) is 59.8 Å². The van der Waals surface area contributed by atoms with Crippen LogP contribution in [0.4, 0.5) is 0 Å². The van der Waals surface area contributed by atoms with Gasteiger partial charge in [0.25, 0.3) is 0 Å². The molecule has 5 nitrogen and oxygen atoms in total. The van der Waals surface area contributed by atoms with E-state index in [4.69, 9.17) is 0 Å². The van der Waals surface area contributed by atoms with Crippen molar-refractivity contribution in [3.63, 3.8) is 0 Å². The highest BCUT2D eigenvalue weighted by molar-refractivity contribution is 8.00. The van der Waals surface area contributed by atoms with Gasteiger partial charge in [-0.3, -0.25) is 4.79 Å². The standard InChI is InChI=1S/C14H18N4OS/c1-10-6-4-5-7-12(10)8-15-13(19)11(2)20-14-17-16-9-18(14)3/h4-7,9,11H,8H2,1-3H3,(H,15,19). The summed E-state index contributed by atoms with van der Waals surface area (Å²) in [5.74, 6) is 0.00116. The van der Waals surface area contributed by atoms with Crippen LogP contribution in [0.2, 0.25) is 0 Å². The second kappa shape index (κ2) is 6.56. The van der Waals surface area contributed by atoms with E-state index in [0.29, 0.717) is 6.54 Å². The number of benzene rings is 1. The molecule has 0 aliphatic carbocycles. The number of aryl methyl sites for hydroxylation is 2. The van der Waals surface area contributed by atoms with Crippen molar-refractivity contribution in [2.45, 2.75) is 30.8 Å². The summed E-state index contributed by atoms with van der Waals surface area (Å²) in [7, 11) is 1.86. The van der Waals surface area contributed by atoms with E-state index in [0.717, 1.165) is 10.7 Å².